The summed E-state index contributed by atoms with van der Waals surface area (Å²) < 4.78 is 5.60. The van der Waals surface area contributed by atoms with Crippen LogP contribution in [-0.2, 0) is 4.79 Å². The molecule has 1 aromatic heterocycles. The predicted octanol–water partition coefficient (Wildman–Crippen LogP) is 1.91. The number of likely N-dealkylation sites (tertiary alicyclic amines) is 2. The average molecular weight is 292 g/mol. The number of nitrogens with zero attached hydrogens (tertiary/aromatic N) is 4. The molecule has 1 amide bonds. The van der Waals surface area contributed by atoms with Crippen molar-refractivity contribution in [3.63, 3.8) is 0 Å². The van der Waals surface area contributed by atoms with E-state index in [1.807, 2.05) is 6.92 Å². The highest BCUT2D eigenvalue weighted by atomic mass is 16.4. The van der Waals surface area contributed by atoms with Crippen LogP contribution in [0.4, 0.5) is 0 Å². The third-order valence-electron chi connectivity index (χ3n) is 4.89. The summed E-state index contributed by atoms with van der Waals surface area (Å²) in [5, 5.41) is 8.10. The van der Waals surface area contributed by atoms with Crippen molar-refractivity contribution in [1.29, 1.82) is 0 Å². The minimum absolute atomic E-state index is 0.119. The Morgan fingerprint density at radius 3 is 2.62 bits per heavy atom. The summed E-state index contributed by atoms with van der Waals surface area (Å²) in [6.45, 7) is 7.56. The molecule has 0 saturated carbocycles. The highest BCUT2D eigenvalue weighted by Gasteiger charge is 2.41. The Kier molecular flexibility index (Phi) is 3.97. The number of rotatable bonds is 3. The first-order valence-electron chi connectivity index (χ1n) is 7.91. The maximum absolute atomic E-state index is 11.8. The molecule has 0 spiro atoms. The van der Waals surface area contributed by atoms with Crippen LogP contribution in [0.25, 0.3) is 0 Å². The molecule has 0 aromatic carbocycles. The number of hydrogen-bond donors (Lipinski definition) is 0. The zero-order valence-corrected chi connectivity index (χ0v) is 13.1. The molecule has 0 radical (unpaired) electrons. The van der Waals surface area contributed by atoms with Crippen molar-refractivity contribution < 1.29 is 9.21 Å². The molecule has 21 heavy (non-hydrogen) atoms. The Morgan fingerprint density at radius 1 is 1.24 bits per heavy atom. The van der Waals surface area contributed by atoms with Gasteiger partial charge in [0, 0.05) is 32.5 Å². The fourth-order valence-electron chi connectivity index (χ4n) is 3.91. The van der Waals surface area contributed by atoms with E-state index in [9.17, 15) is 4.79 Å². The molecule has 2 aliphatic rings. The van der Waals surface area contributed by atoms with E-state index in [-0.39, 0.29) is 11.9 Å². The predicted molar refractivity (Wildman–Crippen MR) is 77.6 cm³/mol. The van der Waals surface area contributed by atoms with E-state index in [0.29, 0.717) is 23.9 Å². The maximum Gasteiger partial charge on any atom is 0.233 e. The van der Waals surface area contributed by atoms with Crippen LogP contribution in [0.2, 0.25) is 0 Å². The molecule has 2 fully saturated rings. The first kappa shape index (κ1) is 14.5. The zero-order valence-electron chi connectivity index (χ0n) is 13.1. The second-order valence-electron chi connectivity index (χ2n) is 6.20. The molecule has 0 bridgehead atoms. The smallest absolute Gasteiger partial charge is 0.233 e. The van der Waals surface area contributed by atoms with E-state index in [4.69, 9.17) is 4.42 Å². The second kappa shape index (κ2) is 5.75. The maximum atomic E-state index is 11.8. The standard InChI is InChI=1S/C15H24N4O2/c1-10(15-17-16-11(2)21-15)18-8-4-6-13(18)14-7-5-9-19(14)12(3)20/h10,13-14H,4-9H2,1-3H3/t10-,13-,14+/m0/s1. The van der Waals surface area contributed by atoms with Crippen LogP contribution in [-0.4, -0.2) is 51.1 Å². The normalized spacial score (nSPS) is 28.2. The molecule has 3 heterocycles. The Bertz CT molecular complexity index is 516. The average Bonchev–Trinajstić information content (AvgIpc) is 3.16. The molecule has 116 valence electrons. The summed E-state index contributed by atoms with van der Waals surface area (Å²) in [4.78, 5) is 16.3. The quantitative estimate of drug-likeness (QED) is 0.851. The van der Waals surface area contributed by atoms with Gasteiger partial charge in [-0.1, -0.05) is 0 Å². The van der Waals surface area contributed by atoms with Crippen molar-refractivity contribution >= 4 is 5.91 Å². The summed E-state index contributed by atoms with van der Waals surface area (Å²) in [5.74, 6) is 1.50. The molecular formula is C15H24N4O2. The van der Waals surface area contributed by atoms with Gasteiger partial charge in [0.2, 0.25) is 17.7 Å². The van der Waals surface area contributed by atoms with Gasteiger partial charge in [-0.15, -0.1) is 10.2 Å². The van der Waals surface area contributed by atoms with Gasteiger partial charge >= 0.3 is 0 Å². The summed E-state index contributed by atoms with van der Waals surface area (Å²) >= 11 is 0. The summed E-state index contributed by atoms with van der Waals surface area (Å²) in [6, 6.07) is 0.878. The Balaban J connectivity index is 1.77. The van der Waals surface area contributed by atoms with Crippen molar-refractivity contribution in [2.24, 2.45) is 0 Å². The van der Waals surface area contributed by atoms with Gasteiger partial charge in [-0.05, 0) is 39.2 Å². The molecule has 6 heteroatoms. The molecule has 1 aromatic rings. The van der Waals surface area contributed by atoms with Gasteiger partial charge in [0.05, 0.1) is 6.04 Å². The largest absolute Gasteiger partial charge is 0.424 e. The second-order valence-corrected chi connectivity index (χ2v) is 6.20. The van der Waals surface area contributed by atoms with Crippen LogP contribution < -0.4 is 0 Å². The number of aromatic nitrogens is 2. The number of carbonyl (C=O) groups is 1. The van der Waals surface area contributed by atoms with Crippen molar-refractivity contribution in [2.45, 2.75) is 64.6 Å². The SMILES string of the molecule is CC(=O)N1CCC[C@@H]1[C@@H]1CCCN1[C@@H](C)c1nnc(C)o1. The van der Waals surface area contributed by atoms with Gasteiger partial charge in [0.15, 0.2) is 0 Å². The van der Waals surface area contributed by atoms with Gasteiger partial charge in [-0.2, -0.15) is 0 Å². The Morgan fingerprint density at radius 2 is 1.95 bits per heavy atom. The van der Waals surface area contributed by atoms with E-state index in [0.717, 1.165) is 32.4 Å². The van der Waals surface area contributed by atoms with Crippen molar-refractivity contribution in [1.82, 2.24) is 20.0 Å². The molecule has 2 aliphatic heterocycles. The first-order valence-corrected chi connectivity index (χ1v) is 7.91. The lowest BCUT2D eigenvalue weighted by Crippen LogP contribution is -2.48. The minimum Gasteiger partial charge on any atom is -0.424 e. The van der Waals surface area contributed by atoms with E-state index in [1.165, 1.54) is 6.42 Å². The van der Waals surface area contributed by atoms with Gasteiger partial charge < -0.3 is 9.32 Å². The highest BCUT2D eigenvalue weighted by Crippen LogP contribution is 2.35. The number of amides is 1. The lowest BCUT2D eigenvalue weighted by Gasteiger charge is -2.36. The van der Waals surface area contributed by atoms with Gasteiger partial charge in [0.25, 0.3) is 0 Å². The fraction of sp³-hybridized carbons (Fsp3) is 0.800. The van der Waals surface area contributed by atoms with Crippen molar-refractivity contribution in [3.05, 3.63) is 11.8 Å². The van der Waals surface area contributed by atoms with Crippen LogP contribution in [0.1, 0.15) is 57.4 Å². The molecule has 2 saturated heterocycles. The topological polar surface area (TPSA) is 62.5 Å². The van der Waals surface area contributed by atoms with E-state index in [1.54, 1.807) is 6.92 Å². The van der Waals surface area contributed by atoms with E-state index < -0.39 is 0 Å². The lowest BCUT2D eigenvalue weighted by atomic mass is 10.0. The molecule has 0 aliphatic carbocycles. The van der Waals surface area contributed by atoms with Crippen LogP contribution in [0.5, 0.6) is 0 Å². The zero-order chi connectivity index (χ0) is 15.0. The first-order chi connectivity index (χ1) is 10.1. The third-order valence-corrected chi connectivity index (χ3v) is 4.89. The van der Waals surface area contributed by atoms with E-state index >= 15 is 0 Å². The number of hydrogen-bond acceptors (Lipinski definition) is 5. The lowest BCUT2D eigenvalue weighted by molar-refractivity contribution is -0.130. The summed E-state index contributed by atoms with van der Waals surface area (Å²) in [7, 11) is 0. The van der Waals surface area contributed by atoms with Gasteiger partial charge in [0.1, 0.15) is 0 Å². The van der Waals surface area contributed by atoms with Crippen molar-refractivity contribution in [2.75, 3.05) is 13.1 Å². The molecule has 6 nitrogen and oxygen atoms in total. The molecule has 3 atom stereocenters. The minimum atomic E-state index is 0.119. The molecule has 0 N–H and O–H groups in total. The third kappa shape index (κ3) is 2.69. The summed E-state index contributed by atoms with van der Waals surface area (Å²) in [5.41, 5.74) is 0. The molecule has 3 rings (SSSR count). The van der Waals surface area contributed by atoms with E-state index in [2.05, 4.69) is 26.9 Å². The molecular weight excluding hydrogens is 268 g/mol. The van der Waals surface area contributed by atoms with Crippen molar-refractivity contribution in [3.8, 4) is 0 Å². The monoisotopic (exact) mass is 292 g/mol. The van der Waals surface area contributed by atoms with Crippen LogP contribution in [0.3, 0.4) is 0 Å². The Hall–Kier alpha value is -1.43. The van der Waals surface area contributed by atoms with Gasteiger partial charge in [-0.25, -0.2) is 0 Å². The highest BCUT2D eigenvalue weighted by molar-refractivity contribution is 5.74. The summed E-state index contributed by atoms with van der Waals surface area (Å²) in [6.07, 6.45) is 4.54. The molecule has 0 unspecified atom stereocenters. The number of carbonyl (C=O) groups excluding carboxylic acids is 1. The van der Waals surface area contributed by atoms with Gasteiger partial charge in [-0.3, -0.25) is 9.69 Å². The van der Waals surface area contributed by atoms with Crippen LogP contribution in [0, 0.1) is 6.92 Å². The fourth-order valence-corrected chi connectivity index (χ4v) is 3.91. The van der Waals surface area contributed by atoms with Crippen LogP contribution >= 0.6 is 0 Å². The van der Waals surface area contributed by atoms with Crippen LogP contribution in [0.15, 0.2) is 4.42 Å². The number of aryl methyl sites for hydroxylation is 1. The Labute approximate surface area is 125 Å².